The molecule has 0 atom stereocenters. The molecule has 1 fully saturated rings. The van der Waals surface area contributed by atoms with Crippen LogP contribution in [0.25, 0.3) is 0 Å². The summed E-state index contributed by atoms with van der Waals surface area (Å²) >= 11 is 3.38. The number of nitrogens with two attached hydrogens (primary N) is 1. The van der Waals surface area contributed by atoms with Crippen LogP contribution < -0.4 is 5.73 Å². The lowest BCUT2D eigenvalue weighted by atomic mass is 9.83. The molecule has 2 N–H and O–H groups in total. The minimum absolute atomic E-state index is 0.174. The third kappa shape index (κ3) is 1.96. The average Bonchev–Trinajstić information content (AvgIpc) is 2.13. The number of halogens is 1. The maximum absolute atomic E-state index is 11.3. The third-order valence-electron chi connectivity index (χ3n) is 2.82. The zero-order valence-corrected chi connectivity index (χ0v) is 10.5. The smallest absolute Gasteiger partial charge is 0.152 e. The molecule has 0 aliphatic carbocycles. The summed E-state index contributed by atoms with van der Waals surface area (Å²) in [5.41, 5.74) is 6.34. The highest BCUT2D eigenvalue weighted by atomic mass is 79.9. The Balaban J connectivity index is 2.37. The Hall–Kier alpha value is -0.390. The van der Waals surface area contributed by atoms with Crippen LogP contribution in [0.2, 0.25) is 0 Å². The molecule has 1 heterocycles. The van der Waals surface area contributed by atoms with Crippen LogP contribution in [0.4, 0.5) is 0 Å². The lowest BCUT2D eigenvalue weighted by Gasteiger charge is -2.40. The summed E-state index contributed by atoms with van der Waals surface area (Å²) in [5, 5.41) is 0. The first-order valence-corrected chi connectivity index (χ1v) is 7.25. The quantitative estimate of drug-likeness (QED) is 0.886. The second-order valence-electron chi connectivity index (χ2n) is 4.03. The predicted octanol–water partition coefficient (Wildman–Crippen LogP) is 1.07. The van der Waals surface area contributed by atoms with Crippen LogP contribution in [0.15, 0.2) is 28.7 Å². The lowest BCUT2D eigenvalue weighted by Crippen LogP contribution is -2.56. The van der Waals surface area contributed by atoms with Crippen molar-refractivity contribution in [3.63, 3.8) is 0 Å². The van der Waals surface area contributed by atoms with Gasteiger partial charge in [-0.25, -0.2) is 8.42 Å². The van der Waals surface area contributed by atoms with E-state index in [0.29, 0.717) is 6.54 Å². The molecular formula is C10H12BrNO2S. The normalized spacial score (nSPS) is 22.0. The highest BCUT2D eigenvalue weighted by Crippen LogP contribution is 2.36. The Labute approximate surface area is 97.7 Å². The standard InChI is InChI=1S/C10H12BrNO2S/c11-9-3-1-2-8(4-9)10(5-12)6-15(13,14)7-10/h1-4H,5-7,12H2. The van der Waals surface area contributed by atoms with E-state index in [1.807, 2.05) is 24.3 Å². The molecule has 82 valence electrons. The molecule has 0 aromatic heterocycles. The molecule has 0 bridgehead atoms. The van der Waals surface area contributed by atoms with Crippen molar-refractivity contribution in [3.05, 3.63) is 34.3 Å². The minimum Gasteiger partial charge on any atom is -0.330 e. The van der Waals surface area contributed by atoms with Gasteiger partial charge in [0.15, 0.2) is 9.84 Å². The largest absolute Gasteiger partial charge is 0.330 e. The summed E-state index contributed by atoms with van der Waals surface area (Å²) in [6.07, 6.45) is 0. The van der Waals surface area contributed by atoms with Crippen molar-refractivity contribution in [2.24, 2.45) is 5.73 Å². The van der Waals surface area contributed by atoms with Gasteiger partial charge < -0.3 is 5.73 Å². The monoisotopic (exact) mass is 289 g/mol. The molecule has 1 aliphatic heterocycles. The maximum Gasteiger partial charge on any atom is 0.152 e. The van der Waals surface area contributed by atoms with E-state index in [1.165, 1.54) is 0 Å². The van der Waals surface area contributed by atoms with E-state index in [9.17, 15) is 8.42 Å². The van der Waals surface area contributed by atoms with Crippen molar-refractivity contribution < 1.29 is 8.42 Å². The molecule has 2 rings (SSSR count). The summed E-state index contributed by atoms with van der Waals surface area (Å²) < 4.78 is 23.5. The van der Waals surface area contributed by atoms with E-state index in [-0.39, 0.29) is 16.9 Å². The van der Waals surface area contributed by atoms with Crippen LogP contribution >= 0.6 is 15.9 Å². The van der Waals surface area contributed by atoms with Gasteiger partial charge in [-0.15, -0.1) is 0 Å². The van der Waals surface area contributed by atoms with Crippen molar-refractivity contribution in [3.8, 4) is 0 Å². The van der Waals surface area contributed by atoms with Gasteiger partial charge in [0, 0.05) is 16.4 Å². The molecule has 0 amide bonds. The van der Waals surface area contributed by atoms with E-state index in [1.54, 1.807) is 0 Å². The van der Waals surface area contributed by atoms with Gasteiger partial charge in [-0.3, -0.25) is 0 Å². The Bertz CT molecular complexity index is 472. The lowest BCUT2D eigenvalue weighted by molar-refractivity contribution is 0.465. The van der Waals surface area contributed by atoms with Gasteiger partial charge in [0.1, 0.15) is 0 Å². The number of hydrogen-bond donors (Lipinski definition) is 1. The topological polar surface area (TPSA) is 60.2 Å². The summed E-state index contributed by atoms with van der Waals surface area (Å²) in [6, 6.07) is 7.70. The average molecular weight is 290 g/mol. The van der Waals surface area contributed by atoms with Gasteiger partial charge in [0.2, 0.25) is 0 Å². The zero-order valence-electron chi connectivity index (χ0n) is 8.11. The fraction of sp³-hybridized carbons (Fsp3) is 0.400. The first-order chi connectivity index (χ1) is 6.97. The Morgan fingerprint density at radius 1 is 1.40 bits per heavy atom. The van der Waals surface area contributed by atoms with Crippen molar-refractivity contribution in [2.75, 3.05) is 18.1 Å². The van der Waals surface area contributed by atoms with Crippen molar-refractivity contribution in [1.29, 1.82) is 0 Å². The molecule has 15 heavy (non-hydrogen) atoms. The van der Waals surface area contributed by atoms with E-state index >= 15 is 0 Å². The van der Waals surface area contributed by atoms with Crippen molar-refractivity contribution in [1.82, 2.24) is 0 Å². The molecule has 0 spiro atoms. The van der Waals surface area contributed by atoms with Gasteiger partial charge in [0.05, 0.1) is 11.5 Å². The molecule has 5 heteroatoms. The predicted molar refractivity (Wildman–Crippen MR) is 63.5 cm³/mol. The zero-order chi connectivity index (χ0) is 11.1. The number of benzene rings is 1. The van der Waals surface area contributed by atoms with Gasteiger partial charge in [0.25, 0.3) is 0 Å². The first-order valence-electron chi connectivity index (χ1n) is 4.64. The molecule has 0 radical (unpaired) electrons. The summed E-state index contributed by atoms with van der Waals surface area (Å²) in [4.78, 5) is 0. The van der Waals surface area contributed by atoms with E-state index in [0.717, 1.165) is 10.0 Å². The molecule has 1 saturated heterocycles. The van der Waals surface area contributed by atoms with Gasteiger partial charge >= 0.3 is 0 Å². The van der Waals surface area contributed by atoms with Gasteiger partial charge in [-0.05, 0) is 17.7 Å². The second kappa shape index (κ2) is 3.57. The molecule has 1 aromatic carbocycles. The summed E-state index contributed by atoms with van der Waals surface area (Å²) in [5.74, 6) is 0.347. The molecule has 0 unspecified atom stereocenters. The third-order valence-corrected chi connectivity index (χ3v) is 5.30. The fourth-order valence-corrected chi connectivity index (χ4v) is 4.59. The summed E-state index contributed by atoms with van der Waals surface area (Å²) in [7, 11) is -2.86. The van der Waals surface area contributed by atoms with Crippen LogP contribution in [0.1, 0.15) is 5.56 Å². The van der Waals surface area contributed by atoms with Gasteiger partial charge in [-0.2, -0.15) is 0 Å². The fourth-order valence-electron chi connectivity index (χ4n) is 2.02. The van der Waals surface area contributed by atoms with Crippen LogP contribution in [-0.2, 0) is 15.3 Å². The molecule has 1 aliphatic rings. The highest BCUT2D eigenvalue weighted by molar-refractivity contribution is 9.10. The second-order valence-corrected chi connectivity index (χ2v) is 7.01. The first kappa shape index (κ1) is 11.1. The van der Waals surface area contributed by atoms with Crippen LogP contribution in [0.5, 0.6) is 0 Å². The van der Waals surface area contributed by atoms with Crippen LogP contribution in [0.3, 0.4) is 0 Å². The molecule has 1 aromatic rings. The minimum atomic E-state index is -2.86. The molecule has 0 saturated carbocycles. The molecule has 3 nitrogen and oxygen atoms in total. The van der Waals surface area contributed by atoms with E-state index < -0.39 is 9.84 Å². The number of hydrogen-bond acceptors (Lipinski definition) is 3. The Morgan fingerprint density at radius 2 is 2.07 bits per heavy atom. The Morgan fingerprint density at radius 3 is 2.53 bits per heavy atom. The van der Waals surface area contributed by atoms with Crippen molar-refractivity contribution >= 4 is 25.8 Å². The SMILES string of the molecule is NCC1(c2cccc(Br)c2)CS(=O)(=O)C1. The summed E-state index contributed by atoms with van der Waals surface area (Å²) in [6.45, 7) is 0.378. The number of rotatable bonds is 2. The highest BCUT2D eigenvalue weighted by Gasteiger charge is 2.48. The van der Waals surface area contributed by atoms with Crippen LogP contribution in [0, 0.1) is 0 Å². The number of sulfone groups is 1. The van der Waals surface area contributed by atoms with E-state index in [4.69, 9.17) is 5.73 Å². The van der Waals surface area contributed by atoms with E-state index in [2.05, 4.69) is 15.9 Å². The van der Waals surface area contributed by atoms with Gasteiger partial charge in [-0.1, -0.05) is 28.1 Å². The Kier molecular flexibility index (Phi) is 2.65. The molecular weight excluding hydrogens is 278 g/mol. The van der Waals surface area contributed by atoms with Crippen molar-refractivity contribution in [2.45, 2.75) is 5.41 Å². The maximum atomic E-state index is 11.3. The van der Waals surface area contributed by atoms with Crippen LogP contribution in [-0.4, -0.2) is 26.5 Å².